The van der Waals surface area contributed by atoms with Crippen LogP contribution in [0, 0.1) is 0 Å². The van der Waals surface area contributed by atoms with Gasteiger partial charge < -0.3 is 19.4 Å². The van der Waals surface area contributed by atoms with Gasteiger partial charge in [0.2, 0.25) is 0 Å². The Labute approximate surface area is 90.5 Å². The zero-order valence-electron chi connectivity index (χ0n) is 5.69. The summed E-state index contributed by atoms with van der Waals surface area (Å²) in [6, 6.07) is 0. The van der Waals surface area contributed by atoms with Crippen molar-refractivity contribution in [2.75, 3.05) is 0 Å². The van der Waals surface area contributed by atoms with Gasteiger partial charge in [0.15, 0.2) is 0 Å². The molecule has 0 saturated heterocycles. The van der Waals surface area contributed by atoms with Crippen LogP contribution in [0.1, 0.15) is 0 Å². The average Bonchev–Trinajstić information content (AvgIpc) is 1.12. The number of hydrogen-bond acceptors (Lipinski definition) is 3. The van der Waals surface area contributed by atoms with Crippen LogP contribution in [0.4, 0.5) is 0 Å². The standard InChI is InChI=1S/Cr.FH.Na.H3O4P.2H2O.2O/c;;;1-5(2,3)4;;;;/h;1H;;(H3,1,2,3,4);2*1H2;;/q+2;;+1;;;;;/p-3. The van der Waals surface area contributed by atoms with Gasteiger partial charge in [-0.25, -0.2) is 4.57 Å². The molecule has 0 atom stereocenters. The van der Waals surface area contributed by atoms with Crippen LogP contribution in [-0.2, 0) is 25.8 Å². The van der Waals surface area contributed by atoms with Crippen molar-refractivity contribution in [2.24, 2.45) is 0 Å². The van der Waals surface area contributed by atoms with Gasteiger partial charge >= 0.3 is 66.9 Å². The minimum absolute atomic E-state index is 0. The molecule has 0 saturated carbocycles. The first-order valence-corrected chi connectivity index (χ1v) is 5.23. The molecule has 0 aliphatic carbocycles. The van der Waals surface area contributed by atoms with Gasteiger partial charge in [-0.05, 0) is 0 Å². The third kappa shape index (κ3) is 947. The second-order valence-electron chi connectivity index (χ2n) is 0.961. The third-order valence-electron chi connectivity index (χ3n) is 0. The Morgan fingerprint density at radius 2 is 1.00 bits per heavy atom. The SMILES string of the molecule is O=P(O)(O)O.[F-].[Na+].[O]=[Cr](=[O])([OH])[OH]. The third-order valence-corrected chi connectivity index (χ3v) is 0. The van der Waals surface area contributed by atoms with E-state index in [-0.39, 0.29) is 34.3 Å². The maximum atomic E-state index is 8.88. The average molecular weight is 258 g/mol. The van der Waals surface area contributed by atoms with Gasteiger partial charge in [0, 0.05) is 0 Å². The molecule has 5 N–H and O–H groups in total. The summed E-state index contributed by atoms with van der Waals surface area (Å²) < 4.78 is 40.8. The molecular weight excluding hydrogens is 253 g/mol. The fraction of sp³-hybridized carbons (Fsp3) is 0. The van der Waals surface area contributed by atoms with Gasteiger partial charge in [0.05, 0.1) is 0 Å². The Hall–Kier alpha value is 1.09. The predicted octanol–water partition coefficient (Wildman–Crippen LogP) is -8.27. The molecule has 0 spiro atoms. The number of phosphoric acid groups is 1. The normalized spacial score (nSPS) is 9.75. The molecule has 0 aliphatic rings. The van der Waals surface area contributed by atoms with Crippen molar-refractivity contribution in [2.45, 2.75) is 0 Å². The van der Waals surface area contributed by atoms with Crippen LogP contribution >= 0.6 is 7.82 Å². The van der Waals surface area contributed by atoms with Crippen molar-refractivity contribution in [3.05, 3.63) is 0 Å². The van der Waals surface area contributed by atoms with Crippen molar-refractivity contribution in [1.82, 2.24) is 0 Å². The second kappa shape index (κ2) is 8.68. The first kappa shape index (κ1) is 23.2. The monoisotopic (exact) mass is 258 g/mol. The van der Waals surface area contributed by atoms with E-state index in [0.29, 0.717) is 0 Å². The molecule has 12 heavy (non-hydrogen) atoms. The molecule has 0 aromatic heterocycles. The van der Waals surface area contributed by atoms with Crippen molar-refractivity contribution in [3.8, 4) is 0 Å². The molecular formula is H5CrFNaO8P. The first-order chi connectivity index (χ1) is 4.00. The van der Waals surface area contributed by atoms with Gasteiger partial charge in [-0.15, -0.1) is 0 Å². The summed E-state index contributed by atoms with van der Waals surface area (Å²) in [5, 5.41) is 0. The molecule has 0 rings (SSSR count). The van der Waals surface area contributed by atoms with Crippen molar-refractivity contribution in [3.63, 3.8) is 0 Å². The van der Waals surface area contributed by atoms with E-state index in [9.17, 15) is 0 Å². The van der Waals surface area contributed by atoms with E-state index in [0.717, 1.165) is 0 Å². The molecule has 0 fully saturated rings. The van der Waals surface area contributed by atoms with Crippen LogP contribution in [0.2, 0.25) is 0 Å². The summed E-state index contributed by atoms with van der Waals surface area (Å²) in [5.41, 5.74) is 0. The topological polar surface area (TPSA) is 152 Å². The minimum atomic E-state index is -5.25. The van der Waals surface area contributed by atoms with E-state index >= 15 is 0 Å². The van der Waals surface area contributed by atoms with Crippen molar-refractivity contribution in [1.29, 1.82) is 0 Å². The quantitative estimate of drug-likeness (QED) is 0.212. The van der Waals surface area contributed by atoms with Gasteiger partial charge in [-0.1, -0.05) is 0 Å². The van der Waals surface area contributed by atoms with Crippen molar-refractivity contribution < 1.29 is 83.0 Å². The molecule has 0 aromatic carbocycles. The van der Waals surface area contributed by atoms with E-state index in [2.05, 4.69) is 0 Å². The Balaban J connectivity index is -0.0000000457. The predicted molar refractivity (Wildman–Crippen MR) is 20.1 cm³/mol. The molecule has 12 heteroatoms. The fourth-order valence-corrected chi connectivity index (χ4v) is 0. The van der Waals surface area contributed by atoms with Gasteiger partial charge in [0.1, 0.15) is 0 Å². The molecule has 0 aliphatic heterocycles. The Morgan fingerprint density at radius 3 is 1.00 bits per heavy atom. The summed E-state index contributed by atoms with van der Waals surface area (Å²) in [6.45, 7) is 0. The Kier molecular flexibility index (Phi) is 16.8. The number of hydrogen-bond donors (Lipinski definition) is 5. The van der Waals surface area contributed by atoms with Crippen LogP contribution in [0.25, 0.3) is 0 Å². The van der Waals surface area contributed by atoms with Crippen molar-refractivity contribution >= 4 is 7.82 Å². The molecule has 72 valence electrons. The Morgan fingerprint density at radius 1 is 1.00 bits per heavy atom. The van der Waals surface area contributed by atoms with Crippen LogP contribution in [-0.4, -0.2) is 23.0 Å². The molecule has 0 heterocycles. The van der Waals surface area contributed by atoms with Crippen LogP contribution in [0.5, 0.6) is 0 Å². The van der Waals surface area contributed by atoms with E-state index in [4.69, 9.17) is 35.2 Å². The van der Waals surface area contributed by atoms with Gasteiger partial charge in [-0.2, -0.15) is 0 Å². The molecule has 0 radical (unpaired) electrons. The number of halogens is 1. The summed E-state index contributed by atoms with van der Waals surface area (Å²) >= 11 is -5.25. The summed E-state index contributed by atoms with van der Waals surface area (Å²) in [5.74, 6) is 0. The van der Waals surface area contributed by atoms with E-state index in [1.165, 1.54) is 0 Å². The summed E-state index contributed by atoms with van der Waals surface area (Å²) in [6.07, 6.45) is 0. The fourth-order valence-electron chi connectivity index (χ4n) is 0. The zero-order chi connectivity index (χ0) is 9.00. The summed E-state index contributed by atoms with van der Waals surface area (Å²) in [7, 11) is -4.64. The van der Waals surface area contributed by atoms with Crippen LogP contribution in [0.3, 0.4) is 0 Å². The van der Waals surface area contributed by atoms with E-state index in [1.807, 2.05) is 0 Å². The van der Waals surface area contributed by atoms with Crippen LogP contribution < -0.4 is 34.3 Å². The van der Waals surface area contributed by atoms with E-state index in [1.54, 1.807) is 0 Å². The first-order valence-electron chi connectivity index (χ1n) is 1.48. The van der Waals surface area contributed by atoms with Crippen LogP contribution in [0.15, 0.2) is 0 Å². The molecule has 0 unspecified atom stereocenters. The summed E-state index contributed by atoms with van der Waals surface area (Å²) in [4.78, 5) is 21.6. The van der Waals surface area contributed by atoms with E-state index < -0.39 is 21.4 Å². The molecule has 0 amide bonds. The second-order valence-corrected chi connectivity index (χ2v) is 3.39. The van der Waals surface area contributed by atoms with Gasteiger partial charge in [-0.3, -0.25) is 0 Å². The van der Waals surface area contributed by atoms with Gasteiger partial charge in [0.25, 0.3) is 0 Å². The maximum absolute atomic E-state index is 8.88. The molecule has 0 aromatic rings. The number of rotatable bonds is 0. The zero-order valence-corrected chi connectivity index (χ0v) is 9.86. The molecule has 0 bridgehead atoms. The molecule has 8 nitrogen and oxygen atoms in total. The Bertz CT molecular complexity index is 197.